The van der Waals surface area contributed by atoms with E-state index < -0.39 is 0 Å². The number of carbonyl (C=O) groups excluding carboxylic acids is 1. The van der Waals surface area contributed by atoms with Gasteiger partial charge in [0.25, 0.3) is 0 Å². The van der Waals surface area contributed by atoms with E-state index in [1.165, 1.54) is 11.8 Å². The normalized spacial score (nSPS) is 10.6. The summed E-state index contributed by atoms with van der Waals surface area (Å²) >= 11 is 1.42. The fourth-order valence-electron chi connectivity index (χ4n) is 2.53. The largest absolute Gasteiger partial charge is 0.325 e. The van der Waals surface area contributed by atoms with Gasteiger partial charge in [0, 0.05) is 16.9 Å². The first-order valence-corrected chi connectivity index (χ1v) is 9.41. The molecule has 132 valence electrons. The van der Waals surface area contributed by atoms with Crippen LogP contribution in [0.3, 0.4) is 0 Å². The number of aromatic nitrogens is 2. The summed E-state index contributed by atoms with van der Waals surface area (Å²) in [7, 11) is 0. The van der Waals surface area contributed by atoms with Crippen LogP contribution in [0, 0.1) is 20.8 Å². The first-order chi connectivity index (χ1) is 12.5. The molecule has 4 nitrogen and oxygen atoms in total. The lowest BCUT2D eigenvalue weighted by Gasteiger charge is -2.10. The fraction of sp³-hybridized carbons (Fsp3) is 0.190. The van der Waals surface area contributed by atoms with Crippen molar-refractivity contribution >= 4 is 23.4 Å². The molecule has 0 radical (unpaired) electrons. The molecule has 0 saturated heterocycles. The Bertz CT molecular complexity index is 926. The third kappa shape index (κ3) is 4.70. The molecule has 0 fully saturated rings. The molecular weight excluding hydrogens is 342 g/mol. The van der Waals surface area contributed by atoms with Gasteiger partial charge in [-0.2, -0.15) is 0 Å². The van der Waals surface area contributed by atoms with Crippen LogP contribution in [-0.4, -0.2) is 21.6 Å². The average molecular weight is 363 g/mol. The highest BCUT2D eigenvalue weighted by Crippen LogP contribution is 2.22. The molecule has 3 rings (SSSR count). The zero-order chi connectivity index (χ0) is 18.5. The lowest BCUT2D eigenvalue weighted by molar-refractivity contribution is -0.113. The molecule has 0 aliphatic heterocycles. The van der Waals surface area contributed by atoms with Crippen molar-refractivity contribution in [1.82, 2.24) is 9.97 Å². The van der Waals surface area contributed by atoms with E-state index in [2.05, 4.69) is 15.3 Å². The number of anilines is 1. The van der Waals surface area contributed by atoms with Gasteiger partial charge in [0.15, 0.2) is 5.82 Å². The smallest absolute Gasteiger partial charge is 0.234 e. The van der Waals surface area contributed by atoms with Gasteiger partial charge in [0.2, 0.25) is 5.91 Å². The van der Waals surface area contributed by atoms with Crippen molar-refractivity contribution in [1.29, 1.82) is 0 Å². The van der Waals surface area contributed by atoms with Crippen LogP contribution in [0.1, 0.15) is 16.8 Å². The molecular formula is C21H21N3OS. The third-order valence-electron chi connectivity index (χ3n) is 3.88. The molecule has 0 saturated carbocycles. The van der Waals surface area contributed by atoms with Crippen LogP contribution in [0.4, 0.5) is 5.69 Å². The molecule has 1 aromatic heterocycles. The van der Waals surface area contributed by atoms with Gasteiger partial charge in [-0.3, -0.25) is 4.79 Å². The summed E-state index contributed by atoms with van der Waals surface area (Å²) in [5.41, 5.74) is 4.89. The number of rotatable bonds is 5. The molecule has 0 atom stereocenters. The molecule has 3 aromatic rings. The molecule has 1 N–H and O–H groups in total. The van der Waals surface area contributed by atoms with Crippen molar-refractivity contribution in [3.8, 4) is 11.4 Å². The highest BCUT2D eigenvalue weighted by molar-refractivity contribution is 7.99. The van der Waals surface area contributed by atoms with E-state index in [4.69, 9.17) is 0 Å². The number of carbonyl (C=O) groups is 1. The van der Waals surface area contributed by atoms with Crippen LogP contribution in [-0.2, 0) is 4.79 Å². The second-order valence-corrected chi connectivity index (χ2v) is 7.19. The number of hydrogen-bond acceptors (Lipinski definition) is 4. The average Bonchev–Trinajstić information content (AvgIpc) is 2.63. The summed E-state index contributed by atoms with van der Waals surface area (Å²) in [6.45, 7) is 5.94. The van der Waals surface area contributed by atoms with Gasteiger partial charge >= 0.3 is 0 Å². The molecule has 2 aromatic carbocycles. The van der Waals surface area contributed by atoms with Gasteiger partial charge in [-0.1, -0.05) is 54.2 Å². The van der Waals surface area contributed by atoms with Crippen LogP contribution in [0.5, 0.6) is 0 Å². The zero-order valence-electron chi connectivity index (χ0n) is 15.1. The van der Waals surface area contributed by atoms with E-state index in [9.17, 15) is 4.79 Å². The number of hydrogen-bond donors (Lipinski definition) is 1. The highest BCUT2D eigenvalue weighted by Gasteiger charge is 2.09. The first-order valence-electron chi connectivity index (χ1n) is 8.42. The van der Waals surface area contributed by atoms with E-state index >= 15 is 0 Å². The molecule has 0 aliphatic carbocycles. The van der Waals surface area contributed by atoms with E-state index in [-0.39, 0.29) is 5.91 Å². The second-order valence-electron chi connectivity index (χ2n) is 6.19. The van der Waals surface area contributed by atoms with Gasteiger partial charge in [-0.15, -0.1) is 0 Å². The topological polar surface area (TPSA) is 54.9 Å². The SMILES string of the molecule is Cc1ccc(C)c(NC(=O)CSc2cc(C)nc(-c3ccccc3)n2)c1. The molecule has 0 aliphatic rings. The molecule has 0 bridgehead atoms. The molecule has 0 unspecified atom stereocenters. The fourth-order valence-corrected chi connectivity index (χ4v) is 3.28. The Hall–Kier alpha value is -2.66. The predicted octanol–water partition coefficient (Wildman–Crippen LogP) is 4.80. The summed E-state index contributed by atoms with van der Waals surface area (Å²) < 4.78 is 0. The number of benzene rings is 2. The number of amides is 1. The van der Waals surface area contributed by atoms with Crippen LogP contribution < -0.4 is 5.32 Å². The standard InChI is InChI=1S/C21H21N3OS/c1-14-9-10-15(2)18(11-14)23-19(25)13-26-20-12-16(3)22-21(24-20)17-7-5-4-6-8-17/h4-12H,13H2,1-3H3,(H,23,25). The predicted molar refractivity (Wildman–Crippen MR) is 107 cm³/mol. The summed E-state index contributed by atoms with van der Waals surface area (Å²) in [5.74, 6) is 0.946. The first kappa shape index (κ1) is 18.1. The van der Waals surface area contributed by atoms with Crippen molar-refractivity contribution in [2.75, 3.05) is 11.1 Å². The third-order valence-corrected chi connectivity index (χ3v) is 4.79. The molecule has 26 heavy (non-hydrogen) atoms. The summed E-state index contributed by atoms with van der Waals surface area (Å²) in [5, 5.41) is 3.78. The van der Waals surface area contributed by atoms with Crippen molar-refractivity contribution in [3.63, 3.8) is 0 Å². The number of thioether (sulfide) groups is 1. The monoisotopic (exact) mass is 363 g/mol. The van der Waals surface area contributed by atoms with E-state index in [1.807, 2.05) is 75.4 Å². The zero-order valence-corrected chi connectivity index (χ0v) is 15.9. The Morgan fingerprint density at radius 1 is 1.00 bits per heavy atom. The minimum absolute atomic E-state index is 0.0405. The second kappa shape index (κ2) is 8.15. The van der Waals surface area contributed by atoms with Gasteiger partial charge in [-0.25, -0.2) is 9.97 Å². The number of nitrogens with one attached hydrogen (secondary N) is 1. The summed E-state index contributed by atoms with van der Waals surface area (Å²) in [6, 6.07) is 17.8. The minimum Gasteiger partial charge on any atom is -0.325 e. The molecule has 1 amide bonds. The quantitative estimate of drug-likeness (QED) is 0.522. The van der Waals surface area contributed by atoms with Crippen LogP contribution in [0.2, 0.25) is 0 Å². The van der Waals surface area contributed by atoms with E-state index in [0.717, 1.165) is 33.1 Å². The minimum atomic E-state index is -0.0405. The Balaban J connectivity index is 1.68. The summed E-state index contributed by atoms with van der Waals surface area (Å²) in [4.78, 5) is 21.4. The van der Waals surface area contributed by atoms with Gasteiger partial charge in [0.05, 0.1) is 5.75 Å². The maximum Gasteiger partial charge on any atom is 0.234 e. The van der Waals surface area contributed by atoms with Crippen LogP contribution >= 0.6 is 11.8 Å². The maximum atomic E-state index is 12.3. The van der Waals surface area contributed by atoms with Crippen molar-refractivity contribution < 1.29 is 4.79 Å². The van der Waals surface area contributed by atoms with Gasteiger partial charge in [0.1, 0.15) is 5.03 Å². The van der Waals surface area contributed by atoms with Gasteiger partial charge < -0.3 is 5.32 Å². The maximum absolute atomic E-state index is 12.3. The number of aryl methyl sites for hydroxylation is 3. The van der Waals surface area contributed by atoms with E-state index in [0.29, 0.717) is 11.6 Å². The molecule has 0 spiro atoms. The Morgan fingerprint density at radius 3 is 2.54 bits per heavy atom. The Labute approximate surface area is 158 Å². The Morgan fingerprint density at radius 2 is 1.77 bits per heavy atom. The number of nitrogens with zero attached hydrogens (tertiary/aromatic N) is 2. The van der Waals surface area contributed by atoms with Crippen molar-refractivity contribution in [2.45, 2.75) is 25.8 Å². The highest BCUT2D eigenvalue weighted by atomic mass is 32.2. The Kier molecular flexibility index (Phi) is 5.68. The molecule has 5 heteroatoms. The van der Waals surface area contributed by atoms with Crippen molar-refractivity contribution in [3.05, 3.63) is 71.4 Å². The van der Waals surface area contributed by atoms with Crippen LogP contribution in [0.15, 0.2) is 59.6 Å². The lowest BCUT2D eigenvalue weighted by Crippen LogP contribution is -2.15. The molecule has 1 heterocycles. The summed E-state index contributed by atoms with van der Waals surface area (Å²) in [6.07, 6.45) is 0. The van der Waals surface area contributed by atoms with Crippen molar-refractivity contribution in [2.24, 2.45) is 0 Å². The lowest BCUT2D eigenvalue weighted by atomic mass is 10.1. The van der Waals surface area contributed by atoms with Crippen LogP contribution in [0.25, 0.3) is 11.4 Å². The van der Waals surface area contributed by atoms with E-state index in [1.54, 1.807) is 0 Å². The van der Waals surface area contributed by atoms with Gasteiger partial charge in [-0.05, 0) is 44.0 Å².